The van der Waals surface area contributed by atoms with Crippen LogP contribution in [0.2, 0.25) is 0 Å². The van der Waals surface area contributed by atoms with Crippen molar-refractivity contribution in [1.29, 1.82) is 0 Å². The van der Waals surface area contributed by atoms with Gasteiger partial charge in [0, 0.05) is 31.1 Å². The number of carbonyl (C=O) groups excluding carboxylic acids is 1. The van der Waals surface area contributed by atoms with Crippen molar-refractivity contribution in [3.05, 3.63) is 17.5 Å². The van der Waals surface area contributed by atoms with Crippen molar-refractivity contribution in [2.75, 3.05) is 0 Å². The summed E-state index contributed by atoms with van der Waals surface area (Å²) in [7, 11) is 1.90. The fourth-order valence-corrected chi connectivity index (χ4v) is 3.00. The molecule has 0 aromatic carbocycles. The average Bonchev–Trinajstić information content (AvgIpc) is 2.70. The van der Waals surface area contributed by atoms with Gasteiger partial charge in [-0.3, -0.25) is 9.48 Å². The number of nitrogens with zero attached hydrogens (tertiary/aromatic N) is 2. The Morgan fingerprint density at radius 3 is 2.68 bits per heavy atom. The molecule has 1 aliphatic rings. The molecule has 1 aromatic heterocycles. The lowest BCUT2D eigenvalue weighted by atomic mass is 9.79. The lowest BCUT2D eigenvalue weighted by Crippen LogP contribution is -2.43. The predicted molar refractivity (Wildman–Crippen MR) is 75.9 cm³/mol. The Labute approximate surface area is 115 Å². The second kappa shape index (κ2) is 5.87. The maximum absolute atomic E-state index is 12.2. The Hall–Kier alpha value is -1.16. The minimum absolute atomic E-state index is 0.245. The van der Waals surface area contributed by atoms with E-state index >= 15 is 0 Å². The minimum atomic E-state index is -0.248. The second-order valence-electron chi connectivity index (χ2n) is 5.92. The molecule has 0 spiro atoms. The molecule has 1 aliphatic carbocycles. The maximum atomic E-state index is 12.2. The molecule has 4 nitrogen and oxygen atoms in total. The van der Waals surface area contributed by atoms with Gasteiger partial charge in [0.15, 0.2) is 0 Å². The Bertz CT molecular complexity index is 444. The maximum Gasteiger partial charge on any atom is 0.140 e. The van der Waals surface area contributed by atoms with Gasteiger partial charge in [0.05, 0.1) is 5.69 Å². The summed E-state index contributed by atoms with van der Waals surface area (Å²) in [5.41, 5.74) is 8.14. The monoisotopic (exact) mass is 263 g/mol. The van der Waals surface area contributed by atoms with Crippen LogP contribution in [-0.2, 0) is 24.7 Å². The lowest BCUT2D eigenvalue weighted by Gasteiger charge is -2.32. The van der Waals surface area contributed by atoms with Crippen LogP contribution < -0.4 is 5.73 Å². The van der Waals surface area contributed by atoms with Crippen molar-refractivity contribution in [3.63, 3.8) is 0 Å². The summed E-state index contributed by atoms with van der Waals surface area (Å²) >= 11 is 0. The molecule has 19 heavy (non-hydrogen) atoms. The molecule has 2 rings (SSSR count). The third-order valence-corrected chi connectivity index (χ3v) is 4.17. The molecule has 0 unspecified atom stereocenters. The molecule has 0 aliphatic heterocycles. The SMILES string of the molecule is CCc1cc(CC(=O)CC2(N)CCCCC2)n(C)n1. The Morgan fingerprint density at radius 2 is 2.11 bits per heavy atom. The normalized spacial score (nSPS) is 18.5. The highest BCUT2D eigenvalue weighted by molar-refractivity contribution is 5.81. The van der Waals surface area contributed by atoms with E-state index in [9.17, 15) is 4.79 Å². The molecule has 106 valence electrons. The molecule has 0 saturated heterocycles. The molecular formula is C15H25N3O. The van der Waals surface area contributed by atoms with Crippen LogP contribution in [0.3, 0.4) is 0 Å². The number of ketones is 1. The number of nitrogens with two attached hydrogens (primary N) is 1. The van der Waals surface area contributed by atoms with E-state index in [-0.39, 0.29) is 11.3 Å². The van der Waals surface area contributed by atoms with Gasteiger partial charge in [-0.25, -0.2) is 0 Å². The van der Waals surface area contributed by atoms with E-state index in [1.807, 2.05) is 17.8 Å². The number of Topliss-reactive ketones (excluding diaryl/α,β-unsaturated/α-hetero) is 1. The molecule has 1 heterocycles. The van der Waals surface area contributed by atoms with Gasteiger partial charge in [-0.15, -0.1) is 0 Å². The van der Waals surface area contributed by atoms with E-state index in [2.05, 4.69) is 12.0 Å². The smallest absolute Gasteiger partial charge is 0.140 e. The summed E-state index contributed by atoms with van der Waals surface area (Å²) in [4.78, 5) is 12.2. The molecule has 4 heteroatoms. The van der Waals surface area contributed by atoms with Gasteiger partial charge in [-0.2, -0.15) is 5.10 Å². The van der Waals surface area contributed by atoms with Gasteiger partial charge in [-0.1, -0.05) is 26.2 Å². The fraction of sp³-hybridized carbons (Fsp3) is 0.733. The largest absolute Gasteiger partial charge is 0.325 e. The van der Waals surface area contributed by atoms with E-state index in [0.717, 1.165) is 43.5 Å². The highest BCUT2D eigenvalue weighted by Crippen LogP contribution is 2.29. The summed E-state index contributed by atoms with van der Waals surface area (Å²) in [6.45, 7) is 2.07. The summed E-state index contributed by atoms with van der Waals surface area (Å²) in [5, 5.41) is 4.38. The first-order valence-electron chi connectivity index (χ1n) is 7.35. The lowest BCUT2D eigenvalue weighted by molar-refractivity contribution is -0.119. The number of hydrogen-bond acceptors (Lipinski definition) is 3. The van der Waals surface area contributed by atoms with Crippen LogP contribution in [0.15, 0.2) is 6.07 Å². The van der Waals surface area contributed by atoms with E-state index in [1.54, 1.807) is 0 Å². The van der Waals surface area contributed by atoms with E-state index in [4.69, 9.17) is 5.73 Å². The molecular weight excluding hydrogens is 238 g/mol. The Kier molecular flexibility index (Phi) is 4.40. The van der Waals surface area contributed by atoms with Crippen molar-refractivity contribution in [1.82, 2.24) is 9.78 Å². The van der Waals surface area contributed by atoms with Crippen molar-refractivity contribution >= 4 is 5.78 Å². The van der Waals surface area contributed by atoms with Gasteiger partial charge in [0.1, 0.15) is 5.78 Å². The van der Waals surface area contributed by atoms with Gasteiger partial charge < -0.3 is 5.73 Å². The molecule has 1 aromatic rings. The number of hydrogen-bond donors (Lipinski definition) is 1. The molecule has 0 radical (unpaired) electrons. The number of carbonyl (C=O) groups is 1. The zero-order valence-corrected chi connectivity index (χ0v) is 12.1. The first-order valence-corrected chi connectivity index (χ1v) is 7.35. The van der Waals surface area contributed by atoms with Crippen molar-refractivity contribution in [2.24, 2.45) is 12.8 Å². The topological polar surface area (TPSA) is 60.9 Å². The van der Waals surface area contributed by atoms with Gasteiger partial charge in [0.25, 0.3) is 0 Å². The second-order valence-corrected chi connectivity index (χ2v) is 5.92. The van der Waals surface area contributed by atoms with Gasteiger partial charge in [-0.05, 0) is 25.3 Å². The van der Waals surface area contributed by atoms with E-state index in [1.165, 1.54) is 6.42 Å². The molecule has 1 saturated carbocycles. The average molecular weight is 263 g/mol. The first kappa shape index (κ1) is 14.3. The molecule has 2 N–H and O–H groups in total. The number of aromatic nitrogens is 2. The quantitative estimate of drug-likeness (QED) is 0.885. The molecule has 0 atom stereocenters. The number of aryl methyl sites for hydroxylation is 2. The van der Waals surface area contributed by atoms with Crippen LogP contribution in [0, 0.1) is 0 Å². The highest BCUT2D eigenvalue weighted by atomic mass is 16.1. The van der Waals surface area contributed by atoms with Crippen LogP contribution >= 0.6 is 0 Å². The molecule has 0 bridgehead atoms. The third kappa shape index (κ3) is 3.66. The summed E-state index contributed by atoms with van der Waals surface area (Å²) in [5.74, 6) is 0.245. The first-order chi connectivity index (χ1) is 9.02. The van der Waals surface area contributed by atoms with Crippen LogP contribution in [-0.4, -0.2) is 21.1 Å². The van der Waals surface area contributed by atoms with Crippen molar-refractivity contribution < 1.29 is 4.79 Å². The summed E-state index contributed by atoms with van der Waals surface area (Å²) in [6, 6.07) is 2.03. The van der Waals surface area contributed by atoms with Crippen LogP contribution in [0.5, 0.6) is 0 Å². The molecule has 1 fully saturated rings. The van der Waals surface area contributed by atoms with Crippen LogP contribution in [0.25, 0.3) is 0 Å². The molecule has 0 amide bonds. The van der Waals surface area contributed by atoms with Crippen molar-refractivity contribution in [2.45, 2.75) is 63.8 Å². The standard InChI is InChI=1S/C15H25N3O/c1-3-12-9-13(18(2)17-12)10-14(19)11-15(16)7-5-4-6-8-15/h9H,3-8,10-11,16H2,1-2H3. The van der Waals surface area contributed by atoms with E-state index < -0.39 is 0 Å². The summed E-state index contributed by atoms with van der Waals surface area (Å²) < 4.78 is 1.82. The van der Waals surface area contributed by atoms with Crippen LogP contribution in [0.4, 0.5) is 0 Å². The van der Waals surface area contributed by atoms with Gasteiger partial charge >= 0.3 is 0 Å². The van der Waals surface area contributed by atoms with E-state index in [0.29, 0.717) is 12.8 Å². The predicted octanol–water partition coefficient (Wildman–Crippen LogP) is 2.15. The van der Waals surface area contributed by atoms with Crippen molar-refractivity contribution in [3.8, 4) is 0 Å². The zero-order valence-electron chi connectivity index (χ0n) is 12.1. The number of rotatable bonds is 5. The van der Waals surface area contributed by atoms with Gasteiger partial charge in [0.2, 0.25) is 0 Å². The Balaban J connectivity index is 1.95. The minimum Gasteiger partial charge on any atom is -0.325 e. The van der Waals surface area contributed by atoms with Crippen LogP contribution in [0.1, 0.15) is 56.8 Å². The fourth-order valence-electron chi connectivity index (χ4n) is 3.00. The Morgan fingerprint density at radius 1 is 1.42 bits per heavy atom. The third-order valence-electron chi connectivity index (χ3n) is 4.17. The zero-order chi connectivity index (χ0) is 13.9. The summed E-state index contributed by atoms with van der Waals surface area (Å²) in [6.07, 6.45) is 7.44. The highest BCUT2D eigenvalue weighted by Gasteiger charge is 2.30.